The van der Waals surface area contributed by atoms with Gasteiger partial charge >= 0.3 is 12.1 Å². The monoisotopic (exact) mass is 510 g/mol. The van der Waals surface area contributed by atoms with Gasteiger partial charge in [0, 0.05) is 18.3 Å². The first-order valence-electron chi connectivity index (χ1n) is 11.7. The number of carboxylic acid groups (broad SMARTS) is 1. The molecule has 0 bridgehead atoms. The molecule has 7 nitrogen and oxygen atoms in total. The van der Waals surface area contributed by atoms with Gasteiger partial charge in [-0.05, 0) is 68.5 Å². The molecule has 190 valence electrons. The molecule has 0 spiro atoms. The first-order chi connectivity index (χ1) is 17.0. The highest BCUT2D eigenvalue weighted by molar-refractivity contribution is 6.29. The number of carboxylic acids is 1. The standard InChI is InChI=1S/C28H31ClN2O5/c1-28(2,3)36-27(35)31(18-24(32)23-14-15-25(29)30-17-23)16-4-5-19-6-8-20(9-7-19)21-10-12-22(13-11-21)26(33)34/h6-15,17,24,32H,4-5,16,18H2,1-3H3,(H,33,34)/t24-/m0/s1. The number of carbonyl (C=O) groups is 2. The van der Waals surface area contributed by atoms with Crippen LogP contribution in [0.2, 0.25) is 5.15 Å². The Kier molecular flexibility index (Phi) is 9.07. The Bertz CT molecular complexity index is 1160. The lowest BCUT2D eigenvalue weighted by Crippen LogP contribution is -2.40. The Hall–Kier alpha value is -3.42. The summed E-state index contributed by atoms with van der Waals surface area (Å²) in [7, 11) is 0. The molecule has 0 saturated heterocycles. The van der Waals surface area contributed by atoms with Gasteiger partial charge in [-0.15, -0.1) is 0 Å². The molecule has 1 heterocycles. The predicted molar refractivity (Wildman–Crippen MR) is 139 cm³/mol. The number of nitrogens with zero attached hydrogens (tertiary/aromatic N) is 2. The maximum atomic E-state index is 12.8. The van der Waals surface area contributed by atoms with E-state index in [9.17, 15) is 14.7 Å². The number of aliphatic hydroxyl groups excluding tert-OH is 1. The van der Waals surface area contributed by atoms with E-state index in [1.54, 1.807) is 57.2 Å². The zero-order chi connectivity index (χ0) is 26.3. The topological polar surface area (TPSA) is 100.0 Å². The normalized spacial score (nSPS) is 12.1. The minimum absolute atomic E-state index is 0.0729. The fraction of sp³-hybridized carbons (Fsp3) is 0.321. The zero-order valence-electron chi connectivity index (χ0n) is 20.6. The molecule has 3 rings (SSSR count). The molecule has 2 N–H and O–H groups in total. The van der Waals surface area contributed by atoms with Crippen LogP contribution in [-0.4, -0.2) is 50.9 Å². The van der Waals surface area contributed by atoms with Gasteiger partial charge in [-0.25, -0.2) is 14.6 Å². The molecule has 8 heteroatoms. The van der Waals surface area contributed by atoms with Crippen LogP contribution >= 0.6 is 11.6 Å². The van der Waals surface area contributed by atoms with E-state index in [0.29, 0.717) is 23.7 Å². The van der Waals surface area contributed by atoms with Gasteiger partial charge in [0.05, 0.1) is 18.2 Å². The number of amides is 1. The maximum absolute atomic E-state index is 12.8. The number of benzene rings is 2. The van der Waals surface area contributed by atoms with Crippen LogP contribution in [0.5, 0.6) is 0 Å². The number of hydrogen-bond acceptors (Lipinski definition) is 5. The van der Waals surface area contributed by atoms with Crippen LogP contribution in [-0.2, 0) is 11.2 Å². The van der Waals surface area contributed by atoms with Crippen molar-refractivity contribution in [3.05, 3.63) is 88.7 Å². The smallest absolute Gasteiger partial charge is 0.410 e. The molecule has 0 unspecified atom stereocenters. The van der Waals surface area contributed by atoms with Crippen LogP contribution in [0.3, 0.4) is 0 Å². The van der Waals surface area contributed by atoms with Crippen LogP contribution in [0.1, 0.15) is 54.8 Å². The summed E-state index contributed by atoms with van der Waals surface area (Å²) >= 11 is 5.84. The highest BCUT2D eigenvalue weighted by Crippen LogP contribution is 2.22. The number of carbonyl (C=O) groups excluding carboxylic acids is 1. The lowest BCUT2D eigenvalue weighted by molar-refractivity contribution is 0.0141. The minimum atomic E-state index is -0.949. The van der Waals surface area contributed by atoms with Gasteiger partial charge in [-0.1, -0.05) is 54.1 Å². The molecule has 0 radical (unpaired) electrons. The molecule has 0 aliphatic carbocycles. The molecular weight excluding hydrogens is 480 g/mol. The van der Waals surface area contributed by atoms with Gasteiger partial charge in [0.15, 0.2) is 0 Å². The van der Waals surface area contributed by atoms with Crippen molar-refractivity contribution in [3.8, 4) is 11.1 Å². The highest BCUT2D eigenvalue weighted by Gasteiger charge is 2.24. The first-order valence-corrected chi connectivity index (χ1v) is 12.1. The fourth-order valence-electron chi connectivity index (χ4n) is 3.63. The van der Waals surface area contributed by atoms with E-state index in [-0.39, 0.29) is 12.1 Å². The van der Waals surface area contributed by atoms with E-state index in [1.165, 1.54) is 11.1 Å². The molecule has 0 fully saturated rings. The molecule has 2 aromatic carbocycles. The quantitative estimate of drug-likeness (QED) is 0.342. The van der Waals surface area contributed by atoms with Gasteiger partial charge < -0.3 is 19.8 Å². The number of ether oxygens (including phenoxy) is 1. The van der Waals surface area contributed by atoms with E-state index in [2.05, 4.69) is 4.98 Å². The Morgan fingerprint density at radius 3 is 2.14 bits per heavy atom. The van der Waals surface area contributed by atoms with E-state index in [1.807, 2.05) is 24.3 Å². The van der Waals surface area contributed by atoms with Crippen LogP contribution in [0, 0.1) is 0 Å². The van der Waals surface area contributed by atoms with Gasteiger partial charge in [0.25, 0.3) is 0 Å². The van der Waals surface area contributed by atoms with Crippen molar-refractivity contribution in [2.45, 2.75) is 45.3 Å². The summed E-state index contributed by atoms with van der Waals surface area (Å²) in [5.74, 6) is -0.949. The Balaban J connectivity index is 1.62. The van der Waals surface area contributed by atoms with Crippen LogP contribution in [0.25, 0.3) is 11.1 Å². The maximum Gasteiger partial charge on any atom is 0.410 e. The second-order valence-electron chi connectivity index (χ2n) is 9.54. The van der Waals surface area contributed by atoms with E-state index in [4.69, 9.17) is 21.4 Å². The van der Waals surface area contributed by atoms with E-state index >= 15 is 0 Å². The predicted octanol–water partition coefficient (Wildman–Crippen LogP) is 6.00. The summed E-state index contributed by atoms with van der Waals surface area (Å²) in [5, 5.41) is 20.1. The number of rotatable bonds is 9. The minimum Gasteiger partial charge on any atom is -0.478 e. The zero-order valence-corrected chi connectivity index (χ0v) is 21.4. The third-order valence-corrected chi connectivity index (χ3v) is 5.72. The Morgan fingerprint density at radius 1 is 1.00 bits per heavy atom. The average Bonchev–Trinajstić information content (AvgIpc) is 2.83. The Morgan fingerprint density at radius 2 is 1.61 bits per heavy atom. The van der Waals surface area contributed by atoms with Crippen LogP contribution < -0.4 is 0 Å². The third kappa shape index (κ3) is 8.07. The number of halogens is 1. The van der Waals surface area contributed by atoms with Gasteiger partial charge in [-0.3, -0.25) is 0 Å². The van der Waals surface area contributed by atoms with Crippen molar-refractivity contribution in [1.82, 2.24) is 9.88 Å². The molecule has 0 aliphatic rings. The molecule has 1 atom stereocenters. The molecule has 0 saturated carbocycles. The van der Waals surface area contributed by atoms with Gasteiger partial charge in [0.2, 0.25) is 0 Å². The SMILES string of the molecule is CC(C)(C)OC(=O)N(CCCc1ccc(-c2ccc(C(=O)O)cc2)cc1)C[C@H](O)c1ccc(Cl)nc1. The van der Waals surface area contributed by atoms with Crippen molar-refractivity contribution >= 4 is 23.7 Å². The summed E-state index contributed by atoms with van der Waals surface area (Å²) in [6.07, 6.45) is 1.50. The van der Waals surface area contributed by atoms with Crippen molar-refractivity contribution in [2.75, 3.05) is 13.1 Å². The molecule has 0 aliphatic heterocycles. The molecule has 36 heavy (non-hydrogen) atoms. The summed E-state index contributed by atoms with van der Waals surface area (Å²) in [6, 6.07) is 18.1. The number of aromatic nitrogens is 1. The summed E-state index contributed by atoms with van der Waals surface area (Å²) in [6.45, 7) is 5.90. The fourth-order valence-corrected chi connectivity index (χ4v) is 3.74. The Labute approximate surface area is 216 Å². The average molecular weight is 511 g/mol. The third-order valence-electron chi connectivity index (χ3n) is 5.49. The lowest BCUT2D eigenvalue weighted by Gasteiger charge is -2.29. The molecule has 1 aromatic heterocycles. The summed E-state index contributed by atoms with van der Waals surface area (Å²) < 4.78 is 5.55. The largest absolute Gasteiger partial charge is 0.478 e. The highest BCUT2D eigenvalue weighted by atomic mass is 35.5. The number of aromatic carboxylic acids is 1. The van der Waals surface area contributed by atoms with Gasteiger partial charge in [0.1, 0.15) is 10.8 Å². The number of hydrogen-bond donors (Lipinski definition) is 2. The second kappa shape index (κ2) is 12.0. The molecular formula is C28H31ClN2O5. The first kappa shape index (κ1) is 27.2. The van der Waals surface area contributed by atoms with Crippen molar-refractivity contribution < 1.29 is 24.5 Å². The van der Waals surface area contributed by atoms with Crippen LogP contribution in [0.15, 0.2) is 66.9 Å². The van der Waals surface area contributed by atoms with Crippen LogP contribution in [0.4, 0.5) is 4.79 Å². The number of aliphatic hydroxyl groups is 1. The van der Waals surface area contributed by atoms with Gasteiger partial charge in [-0.2, -0.15) is 0 Å². The second-order valence-corrected chi connectivity index (χ2v) is 9.93. The molecule has 3 aromatic rings. The van der Waals surface area contributed by atoms with E-state index in [0.717, 1.165) is 23.1 Å². The van der Waals surface area contributed by atoms with Crippen molar-refractivity contribution in [3.63, 3.8) is 0 Å². The summed E-state index contributed by atoms with van der Waals surface area (Å²) in [4.78, 5) is 29.4. The molecule has 1 amide bonds. The number of pyridine rings is 1. The van der Waals surface area contributed by atoms with Crippen molar-refractivity contribution in [2.24, 2.45) is 0 Å². The van der Waals surface area contributed by atoms with E-state index < -0.39 is 23.8 Å². The number of aryl methyl sites for hydroxylation is 1. The summed E-state index contributed by atoms with van der Waals surface area (Å²) in [5.41, 5.74) is 3.20. The van der Waals surface area contributed by atoms with Crippen molar-refractivity contribution in [1.29, 1.82) is 0 Å². The lowest BCUT2D eigenvalue weighted by atomic mass is 10.0.